The number of hydrogen-bond acceptors (Lipinski definition) is 5. The minimum Gasteiger partial charge on any atom is -0.306 e. The topological polar surface area (TPSA) is 49.3 Å². The van der Waals surface area contributed by atoms with Crippen molar-refractivity contribution in [2.45, 2.75) is 31.7 Å². The van der Waals surface area contributed by atoms with Crippen LogP contribution in [0, 0.1) is 12.7 Å². The molecule has 1 spiro atoms. The number of likely N-dealkylation sites (tertiary alicyclic amines) is 1. The third-order valence-corrected chi connectivity index (χ3v) is 7.25. The largest absolute Gasteiger partial charge is 0.306 e. The zero-order valence-corrected chi connectivity index (χ0v) is 17.7. The molecule has 1 aromatic heterocycles. The van der Waals surface area contributed by atoms with Crippen molar-refractivity contribution in [2.75, 3.05) is 24.5 Å². The average molecular weight is 423 g/mol. The van der Waals surface area contributed by atoms with Crippen molar-refractivity contribution in [3.8, 4) is 0 Å². The van der Waals surface area contributed by atoms with Gasteiger partial charge in [0, 0.05) is 24.2 Å². The van der Waals surface area contributed by atoms with Crippen molar-refractivity contribution in [1.29, 1.82) is 0 Å². The Morgan fingerprint density at radius 2 is 1.93 bits per heavy atom. The minimum atomic E-state index is -0.246. The lowest BCUT2D eigenvalue weighted by Crippen LogP contribution is -2.45. The van der Waals surface area contributed by atoms with Gasteiger partial charge in [-0.25, -0.2) is 4.39 Å². The van der Waals surface area contributed by atoms with E-state index in [1.807, 2.05) is 11.0 Å². The fraction of sp³-hybridized carbons (Fsp3) is 0.348. The highest BCUT2D eigenvalue weighted by Gasteiger charge is 2.47. The van der Waals surface area contributed by atoms with Crippen LogP contribution in [0.4, 0.5) is 10.1 Å². The number of nitrogens with zero attached hydrogens (tertiary/aromatic N) is 4. The Bertz CT molecular complexity index is 1080. The molecule has 3 heterocycles. The molecule has 154 valence electrons. The second kappa shape index (κ2) is 7.56. The number of hydrogen-bond donors (Lipinski definition) is 0. The second-order valence-electron chi connectivity index (χ2n) is 8.28. The number of carbonyl (C=O) groups is 1. The van der Waals surface area contributed by atoms with E-state index in [9.17, 15) is 9.18 Å². The zero-order valence-electron chi connectivity index (χ0n) is 16.8. The van der Waals surface area contributed by atoms with Crippen LogP contribution in [0.5, 0.6) is 0 Å². The standard InChI is InChI=1S/C23H23FN4OS/c1-16-21(30-26-25-16)22(29)28-15-23(19-13-18(24)7-8-20(19)28)9-11-27(12-10-23)14-17-5-3-2-4-6-17/h2-8,13H,9-12,14-15H2,1H3. The fourth-order valence-electron chi connectivity index (χ4n) is 4.78. The highest BCUT2D eigenvalue weighted by atomic mass is 32.1. The summed E-state index contributed by atoms with van der Waals surface area (Å²) >= 11 is 1.12. The van der Waals surface area contributed by atoms with E-state index in [4.69, 9.17) is 0 Å². The van der Waals surface area contributed by atoms with Gasteiger partial charge in [-0.05, 0) is 73.7 Å². The van der Waals surface area contributed by atoms with Crippen LogP contribution >= 0.6 is 11.5 Å². The first kappa shape index (κ1) is 19.3. The van der Waals surface area contributed by atoms with Crippen LogP contribution in [0.25, 0.3) is 0 Å². The number of aryl methyl sites for hydroxylation is 1. The normalized spacial score (nSPS) is 18.0. The molecule has 30 heavy (non-hydrogen) atoms. The van der Waals surface area contributed by atoms with Gasteiger partial charge in [-0.2, -0.15) is 0 Å². The maximum Gasteiger partial charge on any atom is 0.271 e. The van der Waals surface area contributed by atoms with Crippen LogP contribution in [-0.4, -0.2) is 40.0 Å². The summed E-state index contributed by atoms with van der Waals surface area (Å²) in [6.45, 7) is 5.15. The van der Waals surface area contributed by atoms with Gasteiger partial charge < -0.3 is 4.90 Å². The molecule has 2 aliphatic heterocycles. The molecule has 0 saturated carbocycles. The first-order chi connectivity index (χ1) is 14.6. The van der Waals surface area contributed by atoms with E-state index < -0.39 is 0 Å². The minimum absolute atomic E-state index is 0.0843. The summed E-state index contributed by atoms with van der Waals surface area (Å²) in [5, 5.41) is 3.99. The Morgan fingerprint density at radius 1 is 1.17 bits per heavy atom. The molecular weight excluding hydrogens is 399 g/mol. The van der Waals surface area contributed by atoms with Crippen LogP contribution in [0.1, 0.15) is 39.3 Å². The summed E-state index contributed by atoms with van der Waals surface area (Å²) < 4.78 is 18.1. The van der Waals surface area contributed by atoms with E-state index in [1.165, 1.54) is 11.6 Å². The SMILES string of the molecule is Cc1nnsc1C(=O)N1CC2(CCN(Cc3ccccc3)CC2)c2cc(F)ccc21. The third-order valence-electron chi connectivity index (χ3n) is 6.43. The Hall–Kier alpha value is -2.64. The summed E-state index contributed by atoms with van der Waals surface area (Å²) in [5.41, 5.74) is 3.53. The summed E-state index contributed by atoms with van der Waals surface area (Å²) in [6.07, 6.45) is 1.81. The zero-order chi connectivity index (χ0) is 20.7. The maximum absolute atomic E-state index is 14.2. The molecule has 0 N–H and O–H groups in total. The number of fused-ring (bicyclic) bond motifs is 2. The lowest BCUT2D eigenvalue weighted by Gasteiger charge is -2.40. The van der Waals surface area contributed by atoms with Gasteiger partial charge in [-0.3, -0.25) is 9.69 Å². The van der Waals surface area contributed by atoms with Crippen LogP contribution in [0.3, 0.4) is 0 Å². The predicted molar refractivity (Wildman–Crippen MR) is 115 cm³/mol. The van der Waals surface area contributed by atoms with Crippen LogP contribution in [-0.2, 0) is 12.0 Å². The smallest absolute Gasteiger partial charge is 0.271 e. The highest BCUT2D eigenvalue weighted by Crippen LogP contribution is 2.48. The number of anilines is 1. The monoisotopic (exact) mass is 422 g/mol. The molecule has 1 amide bonds. The van der Waals surface area contributed by atoms with Crippen LogP contribution < -0.4 is 4.90 Å². The molecule has 2 aromatic carbocycles. The molecule has 5 rings (SSSR count). The van der Waals surface area contributed by atoms with E-state index in [0.29, 0.717) is 17.1 Å². The van der Waals surface area contributed by atoms with Gasteiger partial charge >= 0.3 is 0 Å². The lowest BCUT2D eigenvalue weighted by molar-refractivity contribution is 0.0978. The van der Waals surface area contributed by atoms with Crippen LogP contribution in [0.2, 0.25) is 0 Å². The van der Waals surface area contributed by atoms with E-state index in [2.05, 4.69) is 38.8 Å². The average Bonchev–Trinajstić information content (AvgIpc) is 3.32. The number of halogens is 1. The number of amides is 1. The number of benzene rings is 2. The quantitative estimate of drug-likeness (QED) is 0.635. The molecule has 3 aromatic rings. The molecule has 1 fully saturated rings. The fourth-order valence-corrected chi connectivity index (χ4v) is 5.39. The lowest BCUT2D eigenvalue weighted by atomic mass is 9.74. The summed E-state index contributed by atoms with van der Waals surface area (Å²) in [5.74, 6) is -0.330. The third kappa shape index (κ3) is 3.32. The number of rotatable bonds is 3. The first-order valence-electron chi connectivity index (χ1n) is 10.2. The first-order valence-corrected chi connectivity index (χ1v) is 11.0. The Kier molecular flexibility index (Phi) is 4.87. The van der Waals surface area contributed by atoms with Gasteiger partial charge in [0.2, 0.25) is 0 Å². The Labute approximate surface area is 179 Å². The van der Waals surface area contributed by atoms with Crippen molar-refractivity contribution >= 4 is 23.1 Å². The molecule has 0 bridgehead atoms. The van der Waals surface area contributed by atoms with Crippen molar-refractivity contribution in [3.05, 3.63) is 76.0 Å². The molecule has 0 unspecified atom stereocenters. The van der Waals surface area contributed by atoms with Gasteiger partial charge in [0.15, 0.2) is 0 Å². The predicted octanol–water partition coefficient (Wildman–Crippen LogP) is 4.18. The number of carbonyl (C=O) groups excluding carboxylic acids is 1. The highest BCUT2D eigenvalue weighted by molar-refractivity contribution is 7.08. The van der Waals surface area contributed by atoms with Crippen molar-refractivity contribution in [2.24, 2.45) is 0 Å². The molecule has 0 radical (unpaired) electrons. The van der Waals surface area contributed by atoms with Gasteiger partial charge in [0.05, 0.1) is 5.69 Å². The molecule has 0 aliphatic carbocycles. The van der Waals surface area contributed by atoms with E-state index >= 15 is 0 Å². The van der Waals surface area contributed by atoms with Crippen molar-refractivity contribution < 1.29 is 9.18 Å². The van der Waals surface area contributed by atoms with Gasteiger partial charge in [0.1, 0.15) is 10.7 Å². The van der Waals surface area contributed by atoms with Crippen molar-refractivity contribution in [3.63, 3.8) is 0 Å². The summed E-state index contributed by atoms with van der Waals surface area (Å²) in [4.78, 5) is 18.1. The molecule has 0 atom stereocenters. The molecule has 7 heteroatoms. The second-order valence-corrected chi connectivity index (χ2v) is 9.04. The van der Waals surface area contributed by atoms with E-state index in [-0.39, 0.29) is 17.1 Å². The van der Waals surface area contributed by atoms with E-state index in [0.717, 1.165) is 55.3 Å². The Balaban J connectivity index is 1.40. The van der Waals surface area contributed by atoms with Gasteiger partial charge in [0.25, 0.3) is 5.91 Å². The summed E-state index contributed by atoms with van der Waals surface area (Å²) in [6, 6.07) is 15.3. The molecular formula is C23H23FN4OS. The molecule has 2 aliphatic rings. The van der Waals surface area contributed by atoms with E-state index in [1.54, 1.807) is 19.1 Å². The Morgan fingerprint density at radius 3 is 2.63 bits per heavy atom. The number of aromatic nitrogens is 2. The van der Waals surface area contributed by atoms with Crippen molar-refractivity contribution in [1.82, 2.24) is 14.5 Å². The molecule has 5 nitrogen and oxygen atoms in total. The summed E-state index contributed by atoms with van der Waals surface area (Å²) in [7, 11) is 0. The number of piperidine rings is 1. The van der Waals surface area contributed by atoms with Crippen LogP contribution in [0.15, 0.2) is 48.5 Å². The van der Waals surface area contributed by atoms with Gasteiger partial charge in [-0.1, -0.05) is 34.8 Å². The molecule has 1 saturated heterocycles. The maximum atomic E-state index is 14.2. The van der Waals surface area contributed by atoms with Gasteiger partial charge in [-0.15, -0.1) is 5.10 Å².